The summed E-state index contributed by atoms with van der Waals surface area (Å²) in [6.07, 6.45) is 2.65. The Labute approximate surface area is 263 Å². The number of ether oxygens (including phenoxy) is 1. The molecular formula is C31H46N6O8. The molecule has 1 fully saturated rings. The second-order valence-corrected chi connectivity index (χ2v) is 11.5. The smallest absolute Gasteiger partial charge is 0.312 e. The summed E-state index contributed by atoms with van der Waals surface area (Å²) >= 11 is 0. The summed E-state index contributed by atoms with van der Waals surface area (Å²) in [4.78, 5) is 86.6. The molecule has 0 spiro atoms. The number of rotatable bonds is 18. The highest BCUT2D eigenvalue weighted by Gasteiger charge is 2.35. The van der Waals surface area contributed by atoms with Crippen molar-refractivity contribution in [2.75, 3.05) is 18.4 Å². The fourth-order valence-electron chi connectivity index (χ4n) is 4.74. The number of primary amides is 1. The van der Waals surface area contributed by atoms with Gasteiger partial charge in [-0.15, -0.1) is 0 Å². The first-order chi connectivity index (χ1) is 21.3. The van der Waals surface area contributed by atoms with Crippen LogP contribution < -0.4 is 27.0 Å². The molecule has 1 aliphatic rings. The highest BCUT2D eigenvalue weighted by molar-refractivity contribution is 6.03. The van der Waals surface area contributed by atoms with Crippen molar-refractivity contribution in [3.63, 3.8) is 0 Å². The lowest BCUT2D eigenvalue weighted by Gasteiger charge is -2.25. The second kappa shape index (κ2) is 18.3. The van der Waals surface area contributed by atoms with E-state index in [0.29, 0.717) is 37.9 Å². The molecule has 14 nitrogen and oxygen atoms in total. The number of urea groups is 1. The number of nitrogens with one attached hydrogen (secondary N) is 4. The van der Waals surface area contributed by atoms with Crippen molar-refractivity contribution < 1.29 is 38.3 Å². The summed E-state index contributed by atoms with van der Waals surface area (Å²) in [6, 6.07) is 4.08. The number of carbonyl (C=O) groups excluding carboxylic acids is 7. The van der Waals surface area contributed by atoms with Gasteiger partial charge in [-0.25, -0.2) is 4.79 Å². The van der Waals surface area contributed by atoms with Crippen molar-refractivity contribution in [1.29, 1.82) is 0 Å². The summed E-state index contributed by atoms with van der Waals surface area (Å²) in [5.41, 5.74) is 6.31. The quantitative estimate of drug-likeness (QED) is 0.0915. The number of amides is 7. The van der Waals surface area contributed by atoms with Crippen LogP contribution in [-0.4, -0.2) is 71.6 Å². The van der Waals surface area contributed by atoms with Crippen LogP contribution in [0.2, 0.25) is 0 Å². The molecule has 14 heteroatoms. The average molecular weight is 631 g/mol. The molecule has 3 atom stereocenters. The Morgan fingerprint density at radius 1 is 0.978 bits per heavy atom. The van der Waals surface area contributed by atoms with Gasteiger partial charge in [0, 0.05) is 44.5 Å². The number of nitrogens with zero attached hydrogens (tertiary/aromatic N) is 1. The molecule has 1 aromatic carbocycles. The monoisotopic (exact) mass is 630 g/mol. The molecule has 0 radical (unpaired) electrons. The van der Waals surface area contributed by atoms with Crippen LogP contribution in [0.4, 0.5) is 10.5 Å². The van der Waals surface area contributed by atoms with Crippen molar-refractivity contribution >= 4 is 47.2 Å². The lowest BCUT2D eigenvalue weighted by molar-refractivity contribution is -0.142. The molecule has 2 rings (SSSR count). The SMILES string of the molecule is CC(=O)OCc1ccc(NC(=O)[C@H](CCCNC(N)=O)NC(=O)[C@@H](NC(=O)CCCCCN2C(=O)CC(C)C2=O)C(C)C)cc1. The van der Waals surface area contributed by atoms with E-state index in [1.54, 1.807) is 45.0 Å². The van der Waals surface area contributed by atoms with Gasteiger partial charge in [-0.05, 0) is 49.3 Å². The number of unbranched alkanes of at least 4 members (excludes halogenated alkanes) is 2. The van der Waals surface area contributed by atoms with Crippen molar-refractivity contribution in [3.8, 4) is 0 Å². The molecule has 7 amide bonds. The number of benzene rings is 1. The van der Waals surface area contributed by atoms with Gasteiger partial charge >= 0.3 is 12.0 Å². The van der Waals surface area contributed by atoms with Crippen molar-refractivity contribution in [1.82, 2.24) is 20.9 Å². The molecule has 1 heterocycles. The van der Waals surface area contributed by atoms with Gasteiger partial charge in [-0.3, -0.25) is 33.7 Å². The summed E-state index contributed by atoms with van der Waals surface area (Å²) in [7, 11) is 0. The van der Waals surface area contributed by atoms with E-state index in [0.717, 1.165) is 5.56 Å². The van der Waals surface area contributed by atoms with E-state index < -0.39 is 35.9 Å². The highest BCUT2D eigenvalue weighted by atomic mass is 16.5. The third kappa shape index (κ3) is 13.0. The van der Waals surface area contributed by atoms with E-state index in [9.17, 15) is 33.6 Å². The maximum Gasteiger partial charge on any atom is 0.312 e. The Kier molecular flexibility index (Phi) is 15.0. The number of nitrogens with two attached hydrogens (primary N) is 1. The molecule has 1 saturated heterocycles. The van der Waals surface area contributed by atoms with Crippen LogP contribution >= 0.6 is 0 Å². The highest BCUT2D eigenvalue weighted by Crippen LogP contribution is 2.19. The Morgan fingerprint density at radius 3 is 2.24 bits per heavy atom. The van der Waals surface area contributed by atoms with Crippen molar-refractivity contribution in [3.05, 3.63) is 29.8 Å². The fraction of sp³-hybridized carbons (Fsp3) is 0.581. The maximum atomic E-state index is 13.3. The molecular weight excluding hydrogens is 584 g/mol. The minimum absolute atomic E-state index is 0.0946. The third-order valence-corrected chi connectivity index (χ3v) is 7.29. The van der Waals surface area contributed by atoms with E-state index >= 15 is 0 Å². The predicted octanol–water partition coefficient (Wildman–Crippen LogP) is 1.72. The molecule has 0 aliphatic carbocycles. The number of carbonyl (C=O) groups is 7. The first kappa shape index (κ1) is 36.7. The van der Waals surface area contributed by atoms with Crippen molar-refractivity contribution in [2.45, 2.75) is 91.3 Å². The predicted molar refractivity (Wildman–Crippen MR) is 165 cm³/mol. The van der Waals surface area contributed by atoms with Gasteiger partial charge < -0.3 is 31.7 Å². The zero-order chi connectivity index (χ0) is 33.5. The fourth-order valence-corrected chi connectivity index (χ4v) is 4.74. The topological polar surface area (TPSA) is 206 Å². The van der Waals surface area contributed by atoms with Gasteiger partial charge in [0.2, 0.25) is 29.5 Å². The summed E-state index contributed by atoms with van der Waals surface area (Å²) in [5, 5.41) is 10.7. The van der Waals surface area contributed by atoms with Crippen LogP contribution in [0.3, 0.4) is 0 Å². The van der Waals surface area contributed by atoms with Crippen LogP contribution in [0.15, 0.2) is 24.3 Å². The second-order valence-electron chi connectivity index (χ2n) is 11.5. The summed E-state index contributed by atoms with van der Waals surface area (Å²) in [6.45, 7) is 7.22. The first-order valence-corrected chi connectivity index (χ1v) is 15.3. The average Bonchev–Trinajstić information content (AvgIpc) is 3.21. The Hall–Kier alpha value is -4.49. The zero-order valence-electron chi connectivity index (χ0n) is 26.5. The Balaban J connectivity index is 1.93. The van der Waals surface area contributed by atoms with E-state index in [4.69, 9.17) is 10.5 Å². The molecule has 0 bridgehead atoms. The third-order valence-electron chi connectivity index (χ3n) is 7.29. The van der Waals surface area contributed by atoms with Crippen LogP contribution in [0.25, 0.3) is 0 Å². The number of esters is 1. The van der Waals surface area contributed by atoms with Crippen molar-refractivity contribution in [2.24, 2.45) is 17.6 Å². The summed E-state index contributed by atoms with van der Waals surface area (Å²) in [5.74, 6) is -2.65. The number of hydrogen-bond donors (Lipinski definition) is 5. The number of hydrogen-bond acceptors (Lipinski definition) is 8. The molecule has 0 aromatic heterocycles. The van der Waals surface area contributed by atoms with Gasteiger partial charge in [0.05, 0.1) is 0 Å². The minimum Gasteiger partial charge on any atom is -0.461 e. The van der Waals surface area contributed by atoms with E-state index in [1.165, 1.54) is 11.8 Å². The largest absolute Gasteiger partial charge is 0.461 e. The van der Waals surface area contributed by atoms with Crippen LogP contribution in [0.1, 0.15) is 78.2 Å². The molecule has 1 aromatic rings. The van der Waals surface area contributed by atoms with E-state index in [-0.39, 0.29) is 62.0 Å². The zero-order valence-corrected chi connectivity index (χ0v) is 26.5. The number of anilines is 1. The van der Waals surface area contributed by atoms with Gasteiger partial charge in [-0.2, -0.15) is 0 Å². The van der Waals surface area contributed by atoms with E-state index in [2.05, 4.69) is 21.3 Å². The van der Waals surface area contributed by atoms with Gasteiger partial charge in [-0.1, -0.05) is 39.3 Å². The number of likely N-dealkylation sites (tertiary alicyclic amines) is 1. The standard InChI is InChI=1S/C31H46N6O8/c1-19(2)27(36-25(39)10-6-5-7-16-37-26(40)17-20(3)30(37)43)29(42)35-24(9-8-15-33-31(32)44)28(41)34-23-13-11-22(12-14-23)18-45-21(4)38/h11-14,19-20,24,27H,5-10,15-18H2,1-4H3,(H,34,41)(H,35,42)(H,36,39)(H3,32,33,44)/t20?,24-,27-/m0/s1. The van der Waals surface area contributed by atoms with Gasteiger partial charge in [0.1, 0.15) is 18.7 Å². The Morgan fingerprint density at radius 2 is 1.67 bits per heavy atom. The normalized spacial score (nSPS) is 15.8. The molecule has 1 unspecified atom stereocenters. The van der Waals surface area contributed by atoms with Gasteiger partial charge in [0.25, 0.3) is 0 Å². The minimum atomic E-state index is -0.982. The maximum absolute atomic E-state index is 13.3. The van der Waals surface area contributed by atoms with Crippen LogP contribution in [-0.2, 0) is 40.1 Å². The summed E-state index contributed by atoms with van der Waals surface area (Å²) < 4.78 is 4.97. The lowest BCUT2D eigenvalue weighted by atomic mass is 10.0. The molecule has 248 valence electrons. The molecule has 45 heavy (non-hydrogen) atoms. The van der Waals surface area contributed by atoms with Crippen LogP contribution in [0.5, 0.6) is 0 Å². The first-order valence-electron chi connectivity index (χ1n) is 15.3. The van der Waals surface area contributed by atoms with Crippen LogP contribution in [0, 0.1) is 11.8 Å². The molecule has 0 saturated carbocycles. The Bertz CT molecular complexity index is 1220. The molecule has 6 N–H and O–H groups in total. The lowest BCUT2D eigenvalue weighted by Crippen LogP contribution is -2.54. The van der Waals surface area contributed by atoms with Gasteiger partial charge in [0.15, 0.2) is 0 Å². The molecule has 1 aliphatic heterocycles. The number of imide groups is 1. The van der Waals surface area contributed by atoms with E-state index in [1.807, 2.05) is 0 Å².